The Morgan fingerprint density at radius 2 is 2.00 bits per heavy atom. The number of carbonyl (C=O) groups excluding carboxylic acids is 2. The molecule has 1 unspecified atom stereocenters. The van der Waals surface area contributed by atoms with Gasteiger partial charge in [-0.05, 0) is 40.7 Å². The molecule has 9 heteroatoms. The Kier molecular flexibility index (Phi) is 5.33. The molecule has 0 saturated heterocycles. The van der Waals surface area contributed by atoms with Crippen LogP contribution in [0.3, 0.4) is 0 Å². The minimum atomic E-state index is -0.575. The molecule has 2 N–H and O–H groups in total. The molecule has 0 aliphatic carbocycles. The lowest BCUT2D eigenvalue weighted by Gasteiger charge is -2.20. The molecule has 0 saturated carbocycles. The molecule has 0 spiro atoms. The Hall–Kier alpha value is -2.29. The third-order valence-electron chi connectivity index (χ3n) is 2.87. The summed E-state index contributed by atoms with van der Waals surface area (Å²) < 4.78 is 10.7. The lowest BCUT2D eigenvalue weighted by Crippen LogP contribution is -2.49. The maximum atomic E-state index is 12.0. The fraction of sp³-hybridized carbons (Fsp3) is 0.467. The van der Waals surface area contributed by atoms with Gasteiger partial charge in [0.2, 0.25) is 5.91 Å². The fourth-order valence-corrected chi connectivity index (χ4v) is 2.45. The molecule has 0 aliphatic heterocycles. The molecular weight excluding hydrogens is 332 g/mol. The fourth-order valence-electron chi connectivity index (χ4n) is 1.76. The van der Waals surface area contributed by atoms with Crippen molar-refractivity contribution in [3.05, 3.63) is 18.1 Å². The van der Waals surface area contributed by atoms with E-state index in [9.17, 15) is 9.59 Å². The zero-order valence-electron chi connectivity index (χ0n) is 14.2. The van der Waals surface area contributed by atoms with Gasteiger partial charge in [-0.25, -0.2) is 4.79 Å². The van der Waals surface area contributed by atoms with Gasteiger partial charge in [-0.3, -0.25) is 10.1 Å². The summed E-state index contributed by atoms with van der Waals surface area (Å²) in [7, 11) is 0. The highest BCUT2D eigenvalue weighted by Gasteiger charge is 2.22. The van der Waals surface area contributed by atoms with Crippen LogP contribution in [0.25, 0.3) is 11.5 Å². The van der Waals surface area contributed by atoms with Crippen LogP contribution in [-0.2, 0) is 4.79 Å². The Labute approximate surface area is 143 Å². The highest BCUT2D eigenvalue weighted by atomic mass is 32.2. The highest BCUT2D eigenvalue weighted by molar-refractivity contribution is 8.00. The van der Waals surface area contributed by atoms with Crippen LogP contribution >= 0.6 is 11.8 Å². The van der Waals surface area contributed by atoms with E-state index in [0.29, 0.717) is 17.2 Å². The van der Waals surface area contributed by atoms with Gasteiger partial charge in [-0.1, -0.05) is 11.8 Å². The smallest absolute Gasteiger partial charge is 0.321 e. The largest absolute Gasteiger partial charge is 0.469 e. The number of nitrogens with one attached hydrogen (secondary N) is 2. The monoisotopic (exact) mass is 352 g/mol. The predicted molar refractivity (Wildman–Crippen MR) is 88.5 cm³/mol. The van der Waals surface area contributed by atoms with Crippen molar-refractivity contribution in [1.29, 1.82) is 0 Å². The van der Waals surface area contributed by atoms with Crippen molar-refractivity contribution >= 4 is 23.7 Å². The lowest BCUT2D eigenvalue weighted by atomic mass is 10.1. The number of hydrogen-bond donors (Lipinski definition) is 2. The maximum absolute atomic E-state index is 12.0. The number of carbonyl (C=O) groups is 2. The number of urea groups is 1. The Morgan fingerprint density at radius 3 is 2.58 bits per heavy atom. The third-order valence-corrected chi connectivity index (χ3v) is 3.80. The number of imide groups is 1. The summed E-state index contributed by atoms with van der Waals surface area (Å²) in [4.78, 5) is 23.7. The van der Waals surface area contributed by atoms with Crippen LogP contribution in [-0.4, -0.2) is 32.9 Å². The van der Waals surface area contributed by atoms with E-state index in [1.54, 1.807) is 19.9 Å². The number of amides is 3. The minimum Gasteiger partial charge on any atom is -0.469 e. The predicted octanol–water partition coefficient (Wildman–Crippen LogP) is 2.74. The molecule has 0 aromatic carbocycles. The van der Waals surface area contributed by atoms with Gasteiger partial charge in [-0.2, -0.15) is 0 Å². The molecule has 2 aromatic rings. The first-order valence-corrected chi connectivity index (χ1v) is 8.21. The van der Waals surface area contributed by atoms with E-state index in [-0.39, 0.29) is 5.22 Å². The van der Waals surface area contributed by atoms with E-state index in [0.717, 1.165) is 11.8 Å². The van der Waals surface area contributed by atoms with Crippen molar-refractivity contribution in [2.45, 2.75) is 50.6 Å². The van der Waals surface area contributed by atoms with Crippen LogP contribution in [0.5, 0.6) is 0 Å². The van der Waals surface area contributed by atoms with Gasteiger partial charge < -0.3 is 14.2 Å². The molecule has 2 rings (SSSR count). The molecule has 24 heavy (non-hydrogen) atoms. The van der Waals surface area contributed by atoms with E-state index in [1.807, 2.05) is 20.8 Å². The Bertz CT molecular complexity index is 732. The molecule has 3 amide bonds. The number of nitrogens with zero attached hydrogens (tertiary/aromatic N) is 2. The summed E-state index contributed by atoms with van der Waals surface area (Å²) in [5.74, 6) is 0.544. The number of thioether (sulfide) groups is 1. The van der Waals surface area contributed by atoms with E-state index in [1.165, 1.54) is 6.26 Å². The summed E-state index contributed by atoms with van der Waals surface area (Å²) in [6, 6.07) is 1.18. The maximum Gasteiger partial charge on any atom is 0.321 e. The van der Waals surface area contributed by atoms with Gasteiger partial charge in [0, 0.05) is 5.54 Å². The van der Waals surface area contributed by atoms with Crippen LogP contribution in [0.4, 0.5) is 4.79 Å². The highest BCUT2D eigenvalue weighted by Crippen LogP contribution is 2.28. The van der Waals surface area contributed by atoms with Crippen LogP contribution in [0.15, 0.2) is 26.4 Å². The van der Waals surface area contributed by atoms with Crippen molar-refractivity contribution in [2.75, 3.05) is 0 Å². The number of hydrogen-bond acceptors (Lipinski definition) is 7. The van der Waals surface area contributed by atoms with E-state index in [4.69, 9.17) is 8.83 Å². The van der Waals surface area contributed by atoms with E-state index < -0.39 is 22.7 Å². The van der Waals surface area contributed by atoms with Crippen molar-refractivity contribution in [3.63, 3.8) is 0 Å². The van der Waals surface area contributed by atoms with Crippen molar-refractivity contribution in [1.82, 2.24) is 20.8 Å². The molecule has 8 nitrogen and oxygen atoms in total. The van der Waals surface area contributed by atoms with Gasteiger partial charge in [0.05, 0.1) is 17.1 Å². The van der Waals surface area contributed by atoms with Crippen LogP contribution in [0.1, 0.15) is 33.5 Å². The van der Waals surface area contributed by atoms with Crippen LogP contribution < -0.4 is 10.6 Å². The van der Waals surface area contributed by atoms with Crippen LogP contribution in [0.2, 0.25) is 0 Å². The second-order valence-corrected chi connectivity index (χ2v) is 7.51. The van der Waals surface area contributed by atoms with Gasteiger partial charge in [-0.15, -0.1) is 10.2 Å². The summed E-state index contributed by atoms with van der Waals surface area (Å²) in [5.41, 5.74) is 0.279. The second-order valence-electron chi connectivity index (χ2n) is 6.22. The Balaban J connectivity index is 1.94. The number of furan rings is 1. The summed E-state index contributed by atoms with van der Waals surface area (Å²) in [6.45, 7) is 8.92. The average Bonchev–Trinajstić information content (AvgIpc) is 3.05. The normalized spacial score (nSPS) is 12.7. The van der Waals surface area contributed by atoms with E-state index >= 15 is 0 Å². The van der Waals surface area contributed by atoms with Gasteiger partial charge >= 0.3 is 6.03 Å². The molecule has 0 bridgehead atoms. The first kappa shape index (κ1) is 18.1. The molecule has 2 aromatic heterocycles. The van der Waals surface area contributed by atoms with E-state index in [2.05, 4.69) is 20.8 Å². The summed E-state index contributed by atoms with van der Waals surface area (Å²) >= 11 is 1.07. The first-order chi connectivity index (χ1) is 11.2. The second kappa shape index (κ2) is 7.08. The first-order valence-electron chi connectivity index (χ1n) is 7.33. The minimum absolute atomic E-state index is 0.240. The molecule has 0 aliphatic rings. The zero-order valence-corrected chi connectivity index (χ0v) is 15.0. The Morgan fingerprint density at radius 1 is 1.29 bits per heavy atom. The standard InChI is InChI=1S/C15H20N4O4S/c1-8-10(6-7-22-8)12-18-19-14(23-12)24-9(2)11(20)16-13(21)17-15(3,4)5/h6-7,9H,1-5H3,(H2,16,17,20,21). The molecule has 1 atom stereocenters. The van der Waals surface area contributed by atoms with Gasteiger partial charge in [0.15, 0.2) is 0 Å². The van der Waals surface area contributed by atoms with Crippen molar-refractivity contribution < 1.29 is 18.4 Å². The zero-order chi connectivity index (χ0) is 17.9. The SMILES string of the molecule is Cc1occc1-c1nnc(SC(C)C(=O)NC(=O)NC(C)(C)C)o1. The molecule has 2 heterocycles. The summed E-state index contributed by atoms with van der Waals surface area (Å²) in [5, 5.41) is 12.4. The van der Waals surface area contributed by atoms with Crippen molar-refractivity contribution in [3.8, 4) is 11.5 Å². The number of rotatable bonds is 4. The molecule has 0 radical (unpaired) electrons. The van der Waals surface area contributed by atoms with Gasteiger partial charge in [0.25, 0.3) is 11.1 Å². The quantitative estimate of drug-likeness (QED) is 0.814. The number of aromatic nitrogens is 2. The van der Waals surface area contributed by atoms with Gasteiger partial charge in [0.1, 0.15) is 5.76 Å². The average molecular weight is 352 g/mol. The molecule has 0 fully saturated rings. The lowest BCUT2D eigenvalue weighted by molar-refractivity contribution is -0.119. The number of aryl methyl sites for hydroxylation is 1. The third kappa shape index (κ3) is 4.85. The summed E-state index contributed by atoms with van der Waals surface area (Å²) in [6.07, 6.45) is 1.53. The molecular formula is C15H20N4O4S. The van der Waals surface area contributed by atoms with Crippen LogP contribution in [0, 0.1) is 6.92 Å². The topological polar surface area (TPSA) is 110 Å². The van der Waals surface area contributed by atoms with Crippen molar-refractivity contribution in [2.24, 2.45) is 0 Å². The molecule has 130 valence electrons.